The third-order valence-corrected chi connectivity index (χ3v) is 1.59. The summed E-state index contributed by atoms with van der Waals surface area (Å²) in [4.78, 5) is 0. The standard InChI is InChI=1S/C8H5Se/c1-2-7-3-5-8(9)6-4-7/h1,3-6H. The average Bonchev–Trinajstić information content (AvgIpc) is 1.90. The van der Waals surface area contributed by atoms with Crippen molar-refractivity contribution in [3.8, 4) is 12.3 Å². The van der Waals surface area contributed by atoms with E-state index in [0.717, 1.165) is 10.0 Å². The molecule has 0 aliphatic heterocycles. The van der Waals surface area contributed by atoms with E-state index in [2.05, 4.69) is 21.9 Å². The molecule has 0 atom stereocenters. The van der Waals surface area contributed by atoms with Crippen molar-refractivity contribution in [1.82, 2.24) is 0 Å². The summed E-state index contributed by atoms with van der Waals surface area (Å²) in [6, 6.07) is 7.72. The van der Waals surface area contributed by atoms with Crippen LogP contribution in [0.1, 0.15) is 5.56 Å². The molecule has 0 N–H and O–H groups in total. The van der Waals surface area contributed by atoms with Gasteiger partial charge in [0.1, 0.15) is 0 Å². The average molecular weight is 180 g/mol. The molecule has 0 nitrogen and oxygen atoms in total. The van der Waals surface area contributed by atoms with Gasteiger partial charge in [-0.3, -0.25) is 0 Å². The zero-order valence-electron chi connectivity index (χ0n) is 4.79. The molecule has 0 unspecified atom stereocenters. The zero-order valence-corrected chi connectivity index (χ0v) is 6.51. The predicted octanol–water partition coefficient (Wildman–Crippen LogP) is 0.462. The van der Waals surface area contributed by atoms with Crippen molar-refractivity contribution in [1.29, 1.82) is 0 Å². The number of hydrogen-bond acceptors (Lipinski definition) is 0. The normalized spacial score (nSPS) is 8.33. The quantitative estimate of drug-likeness (QED) is 0.402. The molecular weight excluding hydrogens is 175 g/mol. The number of rotatable bonds is 0. The van der Waals surface area contributed by atoms with E-state index in [1.165, 1.54) is 0 Å². The van der Waals surface area contributed by atoms with Crippen molar-refractivity contribution in [2.24, 2.45) is 0 Å². The van der Waals surface area contributed by atoms with Gasteiger partial charge in [-0.1, -0.05) is 0 Å². The molecule has 0 aliphatic carbocycles. The first-order chi connectivity index (χ1) is 4.33. The van der Waals surface area contributed by atoms with Crippen molar-refractivity contribution >= 4 is 20.5 Å². The Labute approximate surface area is 63.1 Å². The van der Waals surface area contributed by atoms with Crippen LogP contribution in [0.15, 0.2) is 24.3 Å². The summed E-state index contributed by atoms with van der Waals surface area (Å²) in [5, 5.41) is 0. The van der Waals surface area contributed by atoms with Crippen LogP contribution in [0.5, 0.6) is 0 Å². The van der Waals surface area contributed by atoms with Gasteiger partial charge in [0.05, 0.1) is 0 Å². The van der Waals surface area contributed by atoms with E-state index < -0.39 is 0 Å². The molecule has 0 aliphatic rings. The van der Waals surface area contributed by atoms with E-state index >= 15 is 0 Å². The minimum atomic E-state index is 0.925. The van der Waals surface area contributed by atoms with Gasteiger partial charge in [0.25, 0.3) is 0 Å². The molecule has 9 heavy (non-hydrogen) atoms. The Morgan fingerprint density at radius 1 is 1.22 bits per heavy atom. The molecule has 0 spiro atoms. The first kappa shape index (κ1) is 6.42. The van der Waals surface area contributed by atoms with Crippen LogP contribution < -0.4 is 4.46 Å². The predicted molar refractivity (Wildman–Crippen MR) is 39.8 cm³/mol. The van der Waals surface area contributed by atoms with Gasteiger partial charge in [-0.25, -0.2) is 0 Å². The van der Waals surface area contributed by atoms with Crippen molar-refractivity contribution < 1.29 is 0 Å². The number of hydrogen-bond donors (Lipinski definition) is 0. The minimum absolute atomic E-state index is 0.925. The molecule has 1 heteroatoms. The molecule has 0 bridgehead atoms. The third-order valence-electron chi connectivity index (χ3n) is 1.02. The summed E-state index contributed by atoms with van der Waals surface area (Å²) < 4.78 is 1.12. The van der Waals surface area contributed by atoms with E-state index in [1.54, 1.807) is 0 Å². The first-order valence-corrected chi connectivity index (χ1v) is 3.42. The Balaban J connectivity index is 3.06. The molecule has 0 heterocycles. The second kappa shape index (κ2) is 2.73. The maximum absolute atomic E-state index is 5.14. The molecule has 43 valence electrons. The Bertz CT molecular complexity index is 228. The van der Waals surface area contributed by atoms with E-state index in [0.29, 0.717) is 0 Å². The summed E-state index contributed by atoms with van der Waals surface area (Å²) in [7, 11) is 0. The van der Waals surface area contributed by atoms with Crippen LogP contribution in [0, 0.1) is 12.3 Å². The summed E-state index contributed by atoms with van der Waals surface area (Å²) in [5.41, 5.74) is 0.925. The molecule has 1 rings (SSSR count). The summed E-state index contributed by atoms with van der Waals surface area (Å²) in [6.45, 7) is 0. The molecule has 1 aromatic carbocycles. The molecule has 0 aromatic heterocycles. The fourth-order valence-corrected chi connectivity index (χ4v) is 0.837. The van der Waals surface area contributed by atoms with Crippen LogP contribution in [0.25, 0.3) is 0 Å². The van der Waals surface area contributed by atoms with Crippen LogP contribution in [-0.2, 0) is 0 Å². The van der Waals surface area contributed by atoms with E-state index in [-0.39, 0.29) is 0 Å². The second-order valence-corrected chi connectivity index (χ2v) is 2.66. The van der Waals surface area contributed by atoms with Gasteiger partial charge in [-0.05, 0) is 0 Å². The van der Waals surface area contributed by atoms with Gasteiger partial charge in [0, 0.05) is 0 Å². The van der Waals surface area contributed by atoms with Gasteiger partial charge in [0.2, 0.25) is 0 Å². The van der Waals surface area contributed by atoms with E-state index in [4.69, 9.17) is 6.42 Å². The number of terminal acetylenes is 1. The SMILES string of the molecule is C#Cc1ccc([Se])cc1. The van der Waals surface area contributed by atoms with Crippen molar-refractivity contribution in [3.05, 3.63) is 29.8 Å². The topological polar surface area (TPSA) is 0 Å². The van der Waals surface area contributed by atoms with Crippen molar-refractivity contribution in [3.63, 3.8) is 0 Å². The van der Waals surface area contributed by atoms with Crippen LogP contribution in [0.2, 0.25) is 0 Å². The Morgan fingerprint density at radius 3 is 2.22 bits per heavy atom. The van der Waals surface area contributed by atoms with Gasteiger partial charge in [-0.15, -0.1) is 0 Å². The van der Waals surface area contributed by atoms with Gasteiger partial charge < -0.3 is 0 Å². The first-order valence-electron chi connectivity index (χ1n) is 2.56. The Hall–Kier alpha value is -0.701. The Morgan fingerprint density at radius 2 is 1.78 bits per heavy atom. The van der Waals surface area contributed by atoms with E-state index in [9.17, 15) is 0 Å². The molecule has 1 aromatic rings. The molecule has 0 saturated heterocycles. The molecular formula is C8H5Se. The van der Waals surface area contributed by atoms with Crippen LogP contribution in [0.4, 0.5) is 0 Å². The van der Waals surface area contributed by atoms with Crippen LogP contribution in [-0.4, -0.2) is 16.0 Å². The number of benzene rings is 1. The fraction of sp³-hybridized carbons (Fsp3) is 0. The second-order valence-electron chi connectivity index (χ2n) is 1.67. The van der Waals surface area contributed by atoms with Crippen LogP contribution >= 0.6 is 0 Å². The van der Waals surface area contributed by atoms with Gasteiger partial charge in [-0.2, -0.15) is 0 Å². The molecule has 0 saturated carbocycles. The summed E-state index contributed by atoms with van der Waals surface area (Å²) in [5.74, 6) is 2.54. The summed E-state index contributed by atoms with van der Waals surface area (Å²) >= 11 is 2.88. The van der Waals surface area contributed by atoms with E-state index in [1.807, 2.05) is 24.3 Å². The molecule has 0 amide bonds. The third kappa shape index (κ3) is 1.61. The van der Waals surface area contributed by atoms with Gasteiger partial charge in [0.15, 0.2) is 0 Å². The Kier molecular flexibility index (Phi) is 1.95. The maximum atomic E-state index is 5.14. The van der Waals surface area contributed by atoms with Crippen LogP contribution in [0.3, 0.4) is 0 Å². The zero-order chi connectivity index (χ0) is 6.69. The summed E-state index contributed by atoms with van der Waals surface area (Å²) in [6.07, 6.45) is 5.14. The van der Waals surface area contributed by atoms with Crippen molar-refractivity contribution in [2.45, 2.75) is 0 Å². The molecule has 0 fully saturated rings. The van der Waals surface area contributed by atoms with Gasteiger partial charge >= 0.3 is 62.6 Å². The molecule has 1 radical (unpaired) electrons. The van der Waals surface area contributed by atoms with Crippen molar-refractivity contribution in [2.75, 3.05) is 0 Å². The fourth-order valence-electron chi connectivity index (χ4n) is 0.551. The monoisotopic (exact) mass is 181 g/mol.